The molecule has 0 aliphatic carbocycles. The molecule has 7 heavy (non-hydrogen) atoms. The largest absolute Gasteiger partial charge is 0.338 e. The van der Waals surface area contributed by atoms with Crippen LogP contribution in [-0.2, 0) is 0 Å². The third-order valence-corrected chi connectivity index (χ3v) is 2.07. The van der Waals surface area contributed by atoms with Gasteiger partial charge in [-0.05, 0) is 6.92 Å². The Morgan fingerprint density at radius 2 is 2.14 bits per heavy atom. The van der Waals surface area contributed by atoms with Gasteiger partial charge >= 0.3 is 0 Å². The van der Waals surface area contributed by atoms with E-state index in [2.05, 4.69) is 0 Å². The molecule has 1 aliphatic heterocycles. The lowest BCUT2D eigenvalue weighted by atomic mass is 10.6. The van der Waals surface area contributed by atoms with Gasteiger partial charge in [0.05, 0.1) is 0 Å². The van der Waals surface area contributed by atoms with Crippen molar-refractivity contribution in [1.82, 2.24) is 4.67 Å². The van der Waals surface area contributed by atoms with Gasteiger partial charge in [0.15, 0.2) is 0 Å². The zero-order valence-corrected chi connectivity index (χ0v) is 4.97. The summed E-state index contributed by atoms with van der Waals surface area (Å²) in [6.07, 6.45) is 0. The maximum Gasteiger partial charge on any atom is 0.253 e. The first-order valence-electron chi connectivity index (χ1n) is 2.16. The lowest BCUT2D eigenvalue weighted by molar-refractivity contribution is 0.436. The molecule has 0 spiro atoms. The second-order valence-corrected chi connectivity index (χ2v) is 2.79. The van der Waals surface area contributed by atoms with E-state index in [0.29, 0.717) is 6.04 Å². The summed E-state index contributed by atoms with van der Waals surface area (Å²) in [5, 5.41) is 0. The Labute approximate surface area is 43.5 Å². The summed E-state index contributed by atoms with van der Waals surface area (Å²) in [6.45, 7) is 2.81. The van der Waals surface area contributed by atoms with Crippen LogP contribution in [0, 0.1) is 0 Å². The van der Waals surface area contributed by atoms with Crippen LogP contribution in [-0.4, -0.2) is 27.0 Å². The van der Waals surface area contributed by atoms with E-state index in [1.165, 1.54) is 0 Å². The summed E-state index contributed by atoms with van der Waals surface area (Å²) < 4.78 is 1.63. The first-order chi connectivity index (χ1) is 3.22. The predicted octanol–water partition coefficient (Wildman–Crippen LogP) is -0.0980. The zero-order chi connectivity index (χ0) is 5.44. The number of nitrogens with zero attached hydrogens (tertiary/aromatic N) is 1. The minimum absolute atomic E-state index is 0.404. The molecule has 0 radical (unpaired) electrons. The highest BCUT2D eigenvalue weighted by Gasteiger charge is 2.34. The van der Waals surface area contributed by atoms with Crippen LogP contribution in [0.1, 0.15) is 6.92 Å². The Kier molecular flexibility index (Phi) is 1.30. The van der Waals surface area contributed by atoms with E-state index < -0.39 is 8.53 Å². The zero-order valence-electron chi connectivity index (χ0n) is 4.07. The molecule has 0 amide bonds. The van der Waals surface area contributed by atoms with Crippen LogP contribution in [0.4, 0.5) is 0 Å². The van der Waals surface area contributed by atoms with E-state index in [4.69, 9.17) is 9.79 Å². The smallest absolute Gasteiger partial charge is 0.253 e. The molecule has 0 saturated carbocycles. The Bertz CT molecular complexity index is 77.3. The molecule has 2 atom stereocenters. The third-order valence-electron chi connectivity index (χ3n) is 1.06. The Hall–Kier alpha value is 0.310. The number of rotatable bonds is 1. The molecule has 0 aromatic carbocycles. The highest BCUT2D eigenvalue weighted by molar-refractivity contribution is 7.42. The molecule has 3 nitrogen and oxygen atoms in total. The molecule has 2 N–H and O–H groups in total. The van der Waals surface area contributed by atoms with Crippen molar-refractivity contribution in [2.45, 2.75) is 13.0 Å². The topological polar surface area (TPSA) is 43.5 Å². The molecule has 4 heteroatoms. The van der Waals surface area contributed by atoms with Crippen molar-refractivity contribution in [2.24, 2.45) is 0 Å². The quantitative estimate of drug-likeness (QED) is 0.376. The van der Waals surface area contributed by atoms with Gasteiger partial charge in [0.25, 0.3) is 8.53 Å². The Morgan fingerprint density at radius 1 is 1.71 bits per heavy atom. The van der Waals surface area contributed by atoms with Gasteiger partial charge in [0.2, 0.25) is 0 Å². The number of hydrogen-bond acceptors (Lipinski definition) is 3. The van der Waals surface area contributed by atoms with Crippen molar-refractivity contribution in [3.63, 3.8) is 0 Å². The highest BCUT2D eigenvalue weighted by Crippen LogP contribution is 2.40. The molecular weight excluding hydrogens is 113 g/mol. The van der Waals surface area contributed by atoms with E-state index in [9.17, 15) is 0 Å². The standard InChI is InChI=1S/C3H8NO2P/c1-3-2-4(3)7(5)6/h3,5-6H,2H2,1H3/t3-,4?/m0/s1. The fourth-order valence-electron chi connectivity index (χ4n) is 0.473. The molecule has 0 bridgehead atoms. The van der Waals surface area contributed by atoms with Gasteiger partial charge in [-0.3, -0.25) is 0 Å². The normalized spacial score (nSPS) is 39.4. The van der Waals surface area contributed by atoms with Crippen LogP contribution in [0.5, 0.6) is 0 Å². The summed E-state index contributed by atoms with van der Waals surface area (Å²) in [6, 6.07) is 0.404. The van der Waals surface area contributed by atoms with E-state index in [1.807, 2.05) is 6.92 Å². The minimum atomic E-state index is -1.75. The molecule has 42 valence electrons. The first kappa shape index (κ1) is 5.45. The second kappa shape index (κ2) is 1.67. The summed E-state index contributed by atoms with van der Waals surface area (Å²) in [7, 11) is -1.75. The SMILES string of the molecule is C[C@H]1CN1P(O)O. The fourth-order valence-corrected chi connectivity index (χ4v) is 1.21. The third kappa shape index (κ3) is 1.10. The second-order valence-electron chi connectivity index (χ2n) is 1.74. The van der Waals surface area contributed by atoms with Crippen LogP contribution in [0.15, 0.2) is 0 Å². The Balaban J connectivity index is 2.20. The van der Waals surface area contributed by atoms with E-state index in [0.717, 1.165) is 6.54 Å². The average Bonchev–Trinajstić information content (AvgIpc) is 2.17. The lowest BCUT2D eigenvalue weighted by Gasteiger charge is -1.98. The van der Waals surface area contributed by atoms with Crippen molar-refractivity contribution in [1.29, 1.82) is 0 Å². The average molecular weight is 121 g/mol. The maximum atomic E-state index is 8.41. The summed E-state index contributed by atoms with van der Waals surface area (Å²) in [5.74, 6) is 0. The molecule has 1 heterocycles. The Morgan fingerprint density at radius 3 is 2.14 bits per heavy atom. The molecule has 1 aliphatic rings. The van der Waals surface area contributed by atoms with E-state index in [1.54, 1.807) is 4.67 Å². The number of hydrogen-bond donors (Lipinski definition) is 2. The van der Waals surface area contributed by atoms with E-state index in [-0.39, 0.29) is 0 Å². The minimum Gasteiger partial charge on any atom is -0.338 e. The molecular formula is C3H8NO2P. The van der Waals surface area contributed by atoms with Crippen LogP contribution in [0.25, 0.3) is 0 Å². The van der Waals surface area contributed by atoms with Gasteiger partial charge in [0.1, 0.15) is 0 Å². The molecule has 1 unspecified atom stereocenters. The van der Waals surface area contributed by atoms with Crippen LogP contribution in [0.2, 0.25) is 0 Å². The summed E-state index contributed by atoms with van der Waals surface area (Å²) in [5.41, 5.74) is 0. The van der Waals surface area contributed by atoms with Crippen LogP contribution >= 0.6 is 8.53 Å². The summed E-state index contributed by atoms with van der Waals surface area (Å²) in [4.78, 5) is 16.8. The molecule has 0 aromatic heterocycles. The summed E-state index contributed by atoms with van der Waals surface area (Å²) >= 11 is 0. The predicted molar refractivity (Wildman–Crippen MR) is 27.5 cm³/mol. The maximum absolute atomic E-state index is 8.41. The van der Waals surface area contributed by atoms with E-state index >= 15 is 0 Å². The lowest BCUT2D eigenvalue weighted by Crippen LogP contribution is -1.87. The molecule has 1 fully saturated rings. The van der Waals surface area contributed by atoms with Gasteiger partial charge in [-0.1, -0.05) is 0 Å². The van der Waals surface area contributed by atoms with Crippen LogP contribution in [0.3, 0.4) is 0 Å². The van der Waals surface area contributed by atoms with Crippen molar-refractivity contribution >= 4 is 8.53 Å². The van der Waals surface area contributed by atoms with Gasteiger partial charge in [-0.15, -0.1) is 0 Å². The fraction of sp³-hybridized carbons (Fsp3) is 1.00. The van der Waals surface area contributed by atoms with Gasteiger partial charge in [-0.25, -0.2) is 4.67 Å². The van der Waals surface area contributed by atoms with Crippen molar-refractivity contribution in [3.8, 4) is 0 Å². The first-order valence-corrected chi connectivity index (χ1v) is 3.36. The van der Waals surface area contributed by atoms with Gasteiger partial charge in [0, 0.05) is 12.6 Å². The molecule has 1 rings (SSSR count). The highest BCUT2D eigenvalue weighted by atomic mass is 31.2. The van der Waals surface area contributed by atoms with Crippen LogP contribution < -0.4 is 0 Å². The monoisotopic (exact) mass is 121 g/mol. The molecule has 1 saturated heterocycles. The molecule has 0 aromatic rings. The van der Waals surface area contributed by atoms with Gasteiger partial charge < -0.3 is 9.79 Å². The van der Waals surface area contributed by atoms with Gasteiger partial charge in [-0.2, -0.15) is 0 Å². The van der Waals surface area contributed by atoms with Crippen molar-refractivity contribution < 1.29 is 9.79 Å². The van der Waals surface area contributed by atoms with Crippen molar-refractivity contribution in [2.75, 3.05) is 6.54 Å². The van der Waals surface area contributed by atoms with Crippen molar-refractivity contribution in [3.05, 3.63) is 0 Å².